The Bertz CT molecular complexity index is 972. The van der Waals surface area contributed by atoms with E-state index in [0.29, 0.717) is 12.0 Å². The van der Waals surface area contributed by atoms with Crippen LogP contribution in [0, 0.1) is 35.0 Å². The lowest BCUT2D eigenvalue weighted by atomic mass is 9.81. The number of ketones is 1. The third-order valence-electron chi connectivity index (χ3n) is 8.00. The number of carbonyl (C=O) groups excluding carboxylic acids is 4. The minimum atomic E-state index is -1.47. The summed E-state index contributed by atoms with van der Waals surface area (Å²) in [4.78, 5) is 50.9. The Morgan fingerprint density at radius 3 is 2.17 bits per heavy atom. The molecule has 0 aromatic heterocycles. The molecule has 0 saturated heterocycles. The molecule has 3 aliphatic rings. The first-order valence-electron chi connectivity index (χ1n) is 12.6. The number of allylic oxidation sites excluding steroid dienone is 1. The minimum Gasteiger partial charge on any atom is -0.462 e. The Hall–Kier alpha value is -2.44. The standard InChI is InChI=1S/C28H40O7/c1-14(2)26(32)34-24-17(5)13-28(35-19(7)30)21(24)10-15(3)11-22(33-18(6)29)23-20(27(23,8)9)12-16(4)25(28)31/h10,12,14,17,20-24H,11,13H2,1-9H3/b15-10+,16-12+/t17-,20-,21+,22-,23-,24+,28-/m1/s1. The van der Waals surface area contributed by atoms with Gasteiger partial charge in [0, 0.05) is 32.6 Å². The molecule has 2 fully saturated rings. The van der Waals surface area contributed by atoms with Crippen molar-refractivity contribution < 1.29 is 33.4 Å². The monoisotopic (exact) mass is 488 g/mol. The summed E-state index contributed by atoms with van der Waals surface area (Å²) in [6.45, 7) is 16.0. The van der Waals surface area contributed by atoms with Crippen LogP contribution in [-0.4, -0.2) is 41.5 Å². The largest absolute Gasteiger partial charge is 0.462 e. The summed E-state index contributed by atoms with van der Waals surface area (Å²) < 4.78 is 17.6. The lowest BCUT2D eigenvalue weighted by molar-refractivity contribution is -0.170. The van der Waals surface area contributed by atoms with Crippen LogP contribution in [0.1, 0.15) is 75.2 Å². The number of esters is 3. The van der Waals surface area contributed by atoms with Crippen LogP contribution in [0.3, 0.4) is 0 Å². The zero-order chi connectivity index (χ0) is 26.5. The summed E-state index contributed by atoms with van der Waals surface area (Å²) in [6, 6.07) is 0. The van der Waals surface area contributed by atoms with E-state index in [4.69, 9.17) is 14.2 Å². The summed E-state index contributed by atoms with van der Waals surface area (Å²) in [5, 5.41) is 0. The molecule has 7 atom stereocenters. The van der Waals surface area contributed by atoms with Gasteiger partial charge < -0.3 is 14.2 Å². The first-order valence-corrected chi connectivity index (χ1v) is 12.6. The van der Waals surface area contributed by atoms with E-state index in [1.54, 1.807) is 20.8 Å². The fraction of sp³-hybridized carbons (Fsp3) is 0.714. The van der Waals surface area contributed by atoms with Crippen LogP contribution >= 0.6 is 0 Å². The molecule has 0 radical (unpaired) electrons. The highest BCUT2D eigenvalue weighted by molar-refractivity contribution is 6.03. The number of rotatable bonds is 4. The van der Waals surface area contributed by atoms with Crippen molar-refractivity contribution in [3.05, 3.63) is 23.3 Å². The number of hydrogen-bond acceptors (Lipinski definition) is 7. The second-order valence-corrected chi connectivity index (χ2v) is 11.7. The number of Topliss-reactive ketones (excluding diaryl/α,β-unsaturated/α-hetero) is 1. The van der Waals surface area contributed by atoms with Gasteiger partial charge in [-0.25, -0.2) is 0 Å². The van der Waals surface area contributed by atoms with Crippen LogP contribution in [0.15, 0.2) is 23.3 Å². The molecule has 194 valence electrons. The zero-order valence-electron chi connectivity index (χ0n) is 22.5. The summed E-state index contributed by atoms with van der Waals surface area (Å²) in [7, 11) is 0. The van der Waals surface area contributed by atoms with Crippen molar-refractivity contribution in [3.63, 3.8) is 0 Å². The van der Waals surface area contributed by atoms with Gasteiger partial charge >= 0.3 is 17.9 Å². The molecule has 0 aromatic rings. The Morgan fingerprint density at radius 2 is 1.63 bits per heavy atom. The molecule has 0 amide bonds. The maximum atomic E-state index is 14.1. The Balaban J connectivity index is 2.17. The summed E-state index contributed by atoms with van der Waals surface area (Å²) in [6.07, 6.45) is 3.62. The number of ether oxygens (including phenoxy) is 3. The van der Waals surface area contributed by atoms with Gasteiger partial charge in [-0.3, -0.25) is 19.2 Å². The molecule has 0 unspecified atom stereocenters. The molecule has 3 rings (SSSR count). The summed E-state index contributed by atoms with van der Waals surface area (Å²) >= 11 is 0. The second kappa shape index (κ2) is 9.55. The van der Waals surface area contributed by atoms with Crippen LogP contribution in [0.4, 0.5) is 0 Å². The topological polar surface area (TPSA) is 96.0 Å². The zero-order valence-corrected chi connectivity index (χ0v) is 22.5. The van der Waals surface area contributed by atoms with Crippen molar-refractivity contribution in [3.8, 4) is 0 Å². The van der Waals surface area contributed by atoms with Gasteiger partial charge in [0.1, 0.15) is 12.2 Å². The molecule has 35 heavy (non-hydrogen) atoms. The lowest BCUT2D eigenvalue weighted by Gasteiger charge is -2.34. The van der Waals surface area contributed by atoms with Crippen LogP contribution in [0.2, 0.25) is 0 Å². The van der Waals surface area contributed by atoms with Gasteiger partial charge in [-0.05, 0) is 36.7 Å². The van der Waals surface area contributed by atoms with E-state index < -0.39 is 23.6 Å². The summed E-state index contributed by atoms with van der Waals surface area (Å²) in [5.41, 5.74) is -0.209. The molecule has 7 heteroatoms. The quantitative estimate of drug-likeness (QED) is 0.325. The van der Waals surface area contributed by atoms with Gasteiger partial charge in [0.05, 0.1) is 11.8 Å². The highest BCUT2D eigenvalue weighted by atomic mass is 16.6. The molecule has 0 spiro atoms. The van der Waals surface area contributed by atoms with Gasteiger partial charge in [-0.15, -0.1) is 0 Å². The predicted octanol–water partition coefficient (Wildman–Crippen LogP) is 4.58. The van der Waals surface area contributed by atoms with Gasteiger partial charge in [0.2, 0.25) is 5.78 Å². The van der Waals surface area contributed by atoms with Crippen molar-refractivity contribution >= 4 is 23.7 Å². The van der Waals surface area contributed by atoms with Gasteiger partial charge in [0.25, 0.3) is 0 Å². The Labute approximate surface area is 208 Å². The smallest absolute Gasteiger partial charge is 0.308 e. The minimum absolute atomic E-state index is 0.0444. The van der Waals surface area contributed by atoms with Crippen molar-refractivity contribution in [1.82, 2.24) is 0 Å². The third-order valence-corrected chi connectivity index (χ3v) is 8.00. The summed E-state index contributed by atoms with van der Waals surface area (Å²) in [5.74, 6) is -2.60. The molecule has 0 aliphatic heterocycles. The van der Waals surface area contributed by atoms with Crippen LogP contribution in [-0.2, 0) is 33.4 Å². The molecule has 0 aromatic carbocycles. The highest BCUT2D eigenvalue weighted by Gasteiger charge is 2.63. The van der Waals surface area contributed by atoms with E-state index in [0.717, 1.165) is 5.57 Å². The third kappa shape index (κ3) is 5.10. The lowest BCUT2D eigenvalue weighted by Crippen LogP contribution is -2.49. The number of fused-ring (bicyclic) bond motifs is 2. The fourth-order valence-corrected chi connectivity index (χ4v) is 6.27. The normalized spacial score (nSPS) is 39.1. The molecule has 3 aliphatic carbocycles. The highest BCUT2D eigenvalue weighted by Crippen LogP contribution is 2.63. The Kier molecular flexibility index (Phi) is 7.41. The van der Waals surface area contributed by atoms with Crippen LogP contribution < -0.4 is 0 Å². The molecular formula is C28H40O7. The maximum absolute atomic E-state index is 14.1. The van der Waals surface area contributed by atoms with Crippen molar-refractivity contribution in [2.24, 2.45) is 35.0 Å². The van der Waals surface area contributed by atoms with Gasteiger partial charge in [0.15, 0.2) is 5.60 Å². The van der Waals surface area contributed by atoms with Crippen molar-refractivity contribution in [1.29, 1.82) is 0 Å². The molecule has 0 heterocycles. The van der Waals surface area contributed by atoms with E-state index in [-0.39, 0.29) is 59.3 Å². The van der Waals surface area contributed by atoms with Crippen LogP contribution in [0.5, 0.6) is 0 Å². The van der Waals surface area contributed by atoms with Crippen molar-refractivity contribution in [2.45, 2.75) is 93.0 Å². The SMILES string of the molecule is CC(=O)O[C@@H]1C/C(C)=C/[C@H]2[C@@H](OC(=O)C(C)C)[C@H](C)C[C@]2(OC(C)=O)C(=O)/C(C)=C/[C@@H]2[C@H]1C2(C)C. The van der Waals surface area contributed by atoms with E-state index in [2.05, 4.69) is 13.8 Å². The molecule has 2 saturated carbocycles. The maximum Gasteiger partial charge on any atom is 0.308 e. The second-order valence-electron chi connectivity index (χ2n) is 11.7. The van der Waals surface area contributed by atoms with Crippen molar-refractivity contribution in [2.75, 3.05) is 0 Å². The van der Waals surface area contributed by atoms with Gasteiger partial charge in [-0.2, -0.15) is 0 Å². The number of hydrogen-bond donors (Lipinski definition) is 0. The van der Waals surface area contributed by atoms with E-state index >= 15 is 0 Å². The van der Waals surface area contributed by atoms with E-state index in [1.165, 1.54) is 13.8 Å². The first-order chi connectivity index (χ1) is 16.1. The van der Waals surface area contributed by atoms with E-state index in [1.807, 2.05) is 26.0 Å². The first kappa shape index (κ1) is 27.2. The van der Waals surface area contributed by atoms with E-state index in [9.17, 15) is 19.2 Å². The average Bonchev–Trinajstić information content (AvgIpc) is 3.16. The fourth-order valence-electron chi connectivity index (χ4n) is 6.27. The molecule has 7 nitrogen and oxygen atoms in total. The number of carbonyl (C=O) groups is 4. The molecular weight excluding hydrogens is 448 g/mol. The molecule has 0 bridgehead atoms. The average molecular weight is 489 g/mol. The predicted molar refractivity (Wildman–Crippen MR) is 130 cm³/mol. The van der Waals surface area contributed by atoms with Crippen LogP contribution in [0.25, 0.3) is 0 Å². The molecule has 0 N–H and O–H groups in total. The Morgan fingerprint density at radius 1 is 1.00 bits per heavy atom. The van der Waals surface area contributed by atoms with Gasteiger partial charge in [-0.1, -0.05) is 52.3 Å².